The van der Waals surface area contributed by atoms with Crippen molar-refractivity contribution in [1.82, 2.24) is 15.3 Å². The zero-order chi connectivity index (χ0) is 15.5. The van der Waals surface area contributed by atoms with Crippen molar-refractivity contribution in [3.63, 3.8) is 0 Å². The molecule has 2 heterocycles. The topological polar surface area (TPSA) is 58.1 Å². The molecular formula is C15H23ClN4O. The minimum absolute atomic E-state index is 0.0969. The monoisotopic (exact) mass is 310 g/mol. The highest BCUT2D eigenvalue weighted by atomic mass is 35.5. The molecule has 0 aliphatic carbocycles. The molecule has 21 heavy (non-hydrogen) atoms. The molecule has 0 bridgehead atoms. The Hall–Kier alpha value is -1.36. The van der Waals surface area contributed by atoms with E-state index in [2.05, 4.69) is 20.2 Å². The van der Waals surface area contributed by atoms with Gasteiger partial charge in [-0.1, -0.05) is 32.4 Å². The number of carbonyl (C=O) groups is 1. The van der Waals surface area contributed by atoms with Gasteiger partial charge in [0.2, 0.25) is 5.91 Å². The number of anilines is 1. The van der Waals surface area contributed by atoms with E-state index in [0.717, 1.165) is 31.7 Å². The molecule has 1 aromatic heterocycles. The maximum absolute atomic E-state index is 11.9. The van der Waals surface area contributed by atoms with Crippen molar-refractivity contribution in [3.8, 4) is 0 Å². The van der Waals surface area contributed by atoms with Crippen molar-refractivity contribution in [3.05, 3.63) is 17.5 Å². The van der Waals surface area contributed by atoms with E-state index in [0.29, 0.717) is 17.5 Å². The van der Waals surface area contributed by atoms with Crippen LogP contribution in [-0.4, -0.2) is 35.5 Å². The quantitative estimate of drug-likeness (QED) is 0.932. The van der Waals surface area contributed by atoms with Gasteiger partial charge in [-0.15, -0.1) is 0 Å². The molecule has 5 nitrogen and oxygen atoms in total. The van der Waals surface area contributed by atoms with Crippen LogP contribution in [0.5, 0.6) is 0 Å². The predicted molar refractivity (Wildman–Crippen MR) is 84.4 cm³/mol. The molecule has 0 radical (unpaired) electrons. The molecule has 1 atom stereocenters. The Morgan fingerprint density at radius 1 is 1.52 bits per heavy atom. The molecule has 116 valence electrons. The van der Waals surface area contributed by atoms with Gasteiger partial charge in [-0.2, -0.15) is 0 Å². The number of halogens is 1. The normalized spacial score (nSPS) is 19.4. The highest BCUT2D eigenvalue weighted by Gasteiger charge is 2.25. The molecule has 1 unspecified atom stereocenters. The van der Waals surface area contributed by atoms with Crippen LogP contribution in [0.4, 0.5) is 5.82 Å². The van der Waals surface area contributed by atoms with Gasteiger partial charge < -0.3 is 10.2 Å². The molecule has 0 aromatic carbocycles. The summed E-state index contributed by atoms with van der Waals surface area (Å²) in [5, 5.41) is 3.63. The van der Waals surface area contributed by atoms with E-state index in [1.807, 2.05) is 20.8 Å². The van der Waals surface area contributed by atoms with E-state index < -0.39 is 0 Å². The van der Waals surface area contributed by atoms with Gasteiger partial charge in [0, 0.05) is 25.0 Å². The number of carbonyl (C=O) groups excluding carboxylic acids is 1. The first-order valence-electron chi connectivity index (χ1n) is 7.36. The van der Waals surface area contributed by atoms with Crippen molar-refractivity contribution in [2.75, 3.05) is 24.5 Å². The van der Waals surface area contributed by atoms with E-state index in [1.54, 1.807) is 6.20 Å². The summed E-state index contributed by atoms with van der Waals surface area (Å²) in [6.07, 6.45) is 5.33. The molecule has 0 saturated carbocycles. The highest BCUT2D eigenvalue weighted by molar-refractivity contribution is 6.32. The van der Waals surface area contributed by atoms with Gasteiger partial charge in [0.25, 0.3) is 0 Å². The first kappa shape index (κ1) is 16.0. The number of nitrogens with zero attached hydrogens (tertiary/aromatic N) is 3. The van der Waals surface area contributed by atoms with E-state index in [-0.39, 0.29) is 11.3 Å². The molecule has 1 N–H and O–H groups in total. The van der Waals surface area contributed by atoms with Crippen LogP contribution in [0, 0.1) is 11.3 Å². The standard InChI is InChI=1S/C15H23ClN4O/c1-15(2,3)14(21)18-7-11-5-4-6-20(9-11)13-12(16)8-17-10-19-13/h8,10-11H,4-7,9H2,1-3H3,(H,18,21). The van der Waals surface area contributed by atoms with Crippen LogP contribution in [0.25, 0.3) is 0 Å². The molecule has 1 saturated heterocycles. The summed E-state index contributed by atoms with van der Waals surface area (Å²) in [5.74, 6) is 1.31. The lowest BCUT2D eigenvalue weighted by Crippen LogP contribution is -2.43. The summed E-state index contributed by atoms with van der Waals surface area (Å²) in [5.41, 5.74) is -0.343. The van der Waals surface area contributed by atoms with E-state index >= 15 is 0 Å². The zero-order valence-electron chi connectivity index (χ0n) is 12.9. The average Bonchev–Trinajstić information content (AvgIpc) is 2.44. The third-order valence-corrected chi connectivity index (χ3v) is 3.97. The largest absolute Gasteiger partial charge is 0.355 e. The molecule has 1 fully saturated rings. The maximum Gasteiger partial charge on any atom is 0.225 e. The lowest BCUT2D eigenvalue weighted by Gasteiger charge is -2.34. The lowest BCUT2D eigenvalue weighted by atomic mass is 9.94. The summed E-state index contributed by atoms with van der Waals surface area (Å²) >= 11 is 6.16. The Bertz CT molecular complexity index is 501. The van der Waals surface area contributed by atoms with Crippen molar-refractivity contribution in [2.24, 2.45) is 11.3 Å². The number of aromatic nitrogens is 2. The fourth-order valence-corrected chi connectivity index (χ4v) is 2.69. The van der Waals surface area contributed by atoms with Gasteiger partial charge in [-0.25, -0.2) is 9.97 Å². The Kier molecular flexibility index (Phi) is 5.04. The first-order valence-corrected chi connectivity index (χ1v) is 7.74. The zero-order valence-corrected chi connectivity index (χ0v) is 13.7. The van der Waals surface area contributed by atoms with Gasteiger partial charge >= 0.3 is 0 Å². The maximum atomic E-state index is 11.9. The molecule has 1 aliphatic rings. The first-order chi connectivity index (χ1) is 9.88. The fraction of sp³-hybridized carbons (Fsp3) is 0.667. The Labute approximate surface area is 131 Å². The van der Waals surface area contributed by atoms with E-state index in [9.17, 15) is 4.79 Å². The second-order valence-electron chi connectivity index (χ2n) is 6.61. The van der Waals surface area contributed by atoms with Crippen LogP contribution in [0.15, 0.2) is 12.5 Å². The number of hydrogen-bond donors (Lipinski definition) is 1. The summed E-state index contributed by atoms with van der Waals surface area (Å²) in [6.45, 7) is 8.29. The molecule has 1 amide bonds. The van der Waals surface area contributed by atoms with Gasteiger partial charge in [-0.05, 0) is 18.8 Å². The second kappa shape index (κ2) is 6.60. The minimum atomic E-state index is -0.343. The second-order valence-corrected chi connectivity index (χ2v) is 7.02. The van der Waals surface area contributed by atoms with Gasteiger partial charge in [0.05, 0.1) is 6.20 Å². The number of rotatable bonds is 3. The molecule has 1 aromatic rings. The van der Waals surface area contributed by atoms with Crippen molar-refractivity contribution in [2.45, 2.75) is 33.6 Å². The SMILES string of the molecule is CC(C)(C)C(=O)NCC1CCCN(c2ncncc2Cl)C1. The highest BCUT2D eigenvalue weighted by Crippen LogP contribution is 2.26. The average molecular weight is 311 g/mol. The smallest absolute Gasteiger partial charge is 0.225 e. The molecule has 2 rings (SSSR count). The molecule has 1 aliphatic heterocycles. The summed E-state index contributed by atoms with van der Waals surface area (Å²) in [6, 6.07) is 0. The van der Waals surface area contributed by atoms with Crippen LogP contribution < -0.4 is 10.2 Å². The van der Waals surface area contributed by atoms with Crippen LogP contribution in [0.2, 0.25) is 5.02 Å². The van der Waals surface area contributed by atoms with Crippen LogP contribution in [-0.2, 0) is 4.79 Å². The predicted octanol–water partition coefficient (Wildman–Crippen LogP) is 2.51. The van der Waals surface area contributed by atoms with E-state index in [1.165, 1.54) is 6.33 Å². The summed E-state index contributed by atoms with van der Waals surface area (Å²) in [4.78, 5) is 22.3. The minimum Gasteiger partial charge on any atom is -0.355 e. The van der Waals surface area contributed by atoms with Crippen molar-refractivity contribution in [1.29, 1.82) is 0 Å². The van der Waals surface area contributed by atoms with Crippen molar-refractivity contribution < 1.29 is 4.79 Å². The summed E-state index contributed by atoms with van der Waals surface area (Å²) in [7, 11) is 0. The van der Waals surface area contributed by atoms with Crippen LogP contribution in [0.3, 0.4) is 0 Å². The number of piperidine rings is 1. The fourth-order valence-electron chi connectivity index (χ4n) is 2.47. The van der Waals surface area contributed by atoms with Gasteiger partial charge in [0.1, 0.15) is 11.3 Å². The number of hydrogen-bond acceptors (Lipinski definition) is 4. The Balaban J connectivity index is 1.93. The Morgan fingerprint density at radius 3 is 2.95 bits per heavy atom. The molecular weight excluding hydrogens is 288 g/mol. The lowest BCUT2D eigenvalue weighted by molar-refractivity contribution is -0.128. The third kappa shape index (κ3) is 4.30. The van der Waals surface area contributed by atoms with Crippen LogP contribution >= 0.6 is 11.6 Å². The molecule has 6 heteroatoms. The van der Waals surface area contributed by atoms with Crippen molar-refractivity contribution >= 4 is 23.3 Å². The van der Waals surface area contributed by atoms with Gasteiger partial charge in [-0.3, -0.25) is 4.79 Å². The third-order valence-electron chi connectivity index (χ3n) is 3.70. The van der Waals surface area contributed by atoms with Gasteiger partial charge in [0.15, 0.2) is 5.82 Å². The van der Waals surface area contributed by atoms with E-state index in [4.69, 9.17) is 11.6 Å². The number of nitrogens with one attached hydrogen (secondary N) is 1. The Morgan fingerprint density at radius 2 is 2.29 bits per heavy atom. The molecule has 0 spiro atoms. The number of amides is 1. The van der Waals surface area contributed by atoms with Crippen LogP contribution in [0.1, 0.15) is 33.6 Å². The summed E-state index contributed by atoms with van der Waals surface area (Å²) < 4.78 is 0.